The molecule has 0 aliphatic heterocycles. The monoisotopic (exact) mass is 338 g/mol. The topological polar surface area (TPSA) is 73.0 Å². The SMILES string of the molecule is CCNc1cc(-n2nc(C)c(Br)c2C)cc([N+](=O)[O-])c1. The van der Waals surface area contributed by atoms with Gasteiger partial charge in [-0.25, -0.2) is 4.68 Å². The van der Waals surface area contributed by atoms with Gasteiger partial charge in [0.2, 0.25) is 0 Å². The van der Waals surface area contributed by atoms with Crippen LogP contribution < -0.4 is 5.32 Å². The van der Waals surface area contributed by atoms with Crippen LogP contribution in [0.2, 0.25) is 0 Å². The number of nitro groups is 1. The Morgan fingerprint density at radius 3 is 2.60 bits per heavy atom. The van der Waals surface area contributed by atoms with Crippen LogP contribution in [0.25, 0.3) is 5.69 Å². The highest BCUT2D eigenvalue weighted by Gasteiger charge is 2.15. The molecule has 1 N–H and O–H groups in total. The average molecular weight is 339 g/mol. The number of nitrogens with one attached hydrogen (secondary N) is 1. The van der Waals surface area contributed by atoms with Gasteiger partial charge in [-0.05, 0) is 42.8 Å². The van der Waals surface area contributed by atoms with Crippen LogP contribution in [0, 0.1) is 24.0 Å². The first kappa shape index (κ1) is 14.5. The van der Waals surface area contributed by atoms with E-state index in [1.807, 2.05) is 26.8 Å². The highest BCUT2D eigenvalue weighted by Crippen LogP contribution is 2.27. The van der Waals surface area contributed by atoms with Gasteiger partial charge < -0.3 is 5.32 Å². The quantitative estimate of drug-likeness (QED) is 0.682. The molecule has 0 aliphatic carbocycles. The van der Waals surface area contributed by atoms with Crippen molar-refractivity contribution in [1.29, 1.82) is 0 Å². The highest BCUT2D eigenvalue weighted by atomic mass is 79.9. The van der Waals surface area contributed by atoms with Crippen molar-refractivity contribution in [3.05, 3.63) is 44.2 Å². The van der Waals surface area contributed by atoms with Gasteiger partial charge in [-0.1, -0.05) is 0 Å². The lowest BCUT2D eigenvalue weighted by atomic mass is 10.2. The van der Waals surface area contributed by atoms with E-state index in [0.717, 1.165) is 15.9 Å². The zero-order valence-corrected chi connectivity index (χ0v) is 13.1. The molecule has 0 saturated carbocycles. The first-order chi connectivity index (χ1) is 9.43. The maximum absolute atomic E-state index is 11.0. The molecule has 0 unspecified atom stereocenters. The van der Waals surface area contributed by atoms with Crippen LogP contribution in [0.3, 0.4) is 0 Å². The van der Waals surface area contributed by atoms with Crippen molar-refractivity contribution in [2.45, 2.75) is 20.8 Å². The van der Waals surface area contributed by atoms with Crippen molar-refractivity contribution in [1.82, 2.24) is 9.78 Å². The third kappa shape index (κ3) is 2.67. The summed E-state index contributed by atoms with van der Waals surface area (Å²) in [5.74, 6) is 0. The number of nitro benzene ring substituents is 1. The summed E-state index contributed by atoms with van der Waals surface area (Å²) in [7, 11) is 0. The zero-order valence-electron chi connectivity index (χ0n) is 11.5. The lowest BCUT2D eigenvalue weighted by molar-refractivity contribution is -0.384. The van der Waals surface area contributed by atoms with Crippen LogP contribution in [-0.4, -0.2) is 21.2 Å². The fraction of sp³-hybridized carbons (Fsp3) is 0.308. The third-order valence-electron chi connectivity index (χ3n) is 2.94. The van der Waals surface area contributed by atoms with Gasteiger partial charge in [0.15, 0.2) is 0 Å². The molecule has 0 bridgehead atoms. The number of halogens is 1. The molecule has 6 nitrogen and oxygen atoms in total. The Bertz CT molecular complexity index is 667. The first-order valence-electron chi connectivity index (χ1n) is 6.19. The fourth-order valence-electron chi connectivity index (χ4n) is 2.00. The smallest absolute Gasteiger partial charge is 0.273 e. The van der Waals surface area contributed by atoms with E-state index in [4.69, 9.17) is 0 Å². The van der Waals surface area contributed by atoms with Crippen molar-refractivity contribution in [3.8, 4) is 5.69 Å². The molecule has 1 aromatic heterocycles. The van der Waals surface area contributed by atoms with Crippen LogP contribution in [0.4, 0.5) is 11.4 Å². The van der Waals surface area contributed by atoms with E-state index in [9.17, 15) is 10.1 Å². The number of hydrogen-bond acceptors (Lipinski definition) is 4. The summed E-state index contributed by atoms with van der Waals surface area (Å²) in [6.07, 6.45) is 0. The highest BCUT2D eigenvalue weighted by molar-refractivity contribution is 9.10. The number of anilines is 1. The minimum atomic E-state index is -0.398. The Morgan fingerprint density at radius 2 is 2.10 bits per heavy atom. The van der Waals surface area contributed by atoms with Crippen molar-refractivity contribution < 1.29 is 4.92 Å². The first-order valence-corrected chi connectivity index (χ1v) is 6.98. The van der Waals surface area contributed by atoms with E-state index in [1.54, 1.807) is 4.68 Å². The second kappa shape index (κ2) is 5.62. The third-order valence-corrected chi connectivity index (χ3v) is 4.09. The van der Waals surface area contributed by atoms with Gasteiger partial charge in [-0.2, -0.15) is 5.10 Å². The number of aromatic nitrogens is 2. The molecule has 0 saturated heterocycles. The van der Waals surface area contributed by atoms with Crippen LogP contribution in [0.1, 0.15) is 18.3 Å². The summed E-state index contributed by atoms with van der Waals surface area (Å²) in [5, 5.41) is 18.5. The van der Waals surface area contributed by atoms with Crippen LogP contribution in [0.15, 0.2) is 22.7 Å². The molecule has 20 heavy (non-hydrogen) atoms. The molecule has 1 heterocycles. The average Bonchev–Trinajstić information content (AvgIpc) is 2.66. The normalized spacial score (nSPS) is 10.6. The van der Waals surface area contributed by atoms with Crippen LogP contribution >= 0.6 is 15.9 Å². The van der Waals surface area contributed by atoms with E-state index in [1.165, 1.54) is 12.1 Å². The number of hydrogen-bond donors (Lipinski definition) is 1. The van der Waals surface area contributed by atoms with Gasteiger partial charge in [0.25, 0.3) is 5.69 Å². The second-order valence-corrected chi connectivity index (χ2v) is 5.22. The number of benzene rings is 1. The Kier molecular flexibility index (Phi) is 4.08. The predicted octanol–water partition coefficient (Wildman–Crippen LogP) is 3.59. The van der Waals surface area contributed by atoms with E-state index < -0.39 is 4.92 Å². The molecular weight excluding hydrogens is 324 g/mol. The Morgan fingerprint density at radius 1 is 1.40 bits per heavy atom. The standard InChI is InChI=1S/C13H15BrN4O2/c1-4-15-10-5-11(7-12(6-10)18(19)20)17-9(3)13(14)8(2)16-17/h5-7,15H,4H2,1-3H3. The van der Waals surface area contributed by atoms with E-state index in [2.05, 4.69) is 26.3 Å². The summed E-state index contributed by atoms with van der Waals surface area (Å²) in [6, 6.07) is 4.89. The Balaban J connectivity index is 2.60. The molecule has 0 aliphatic rings. The van der Waals surface area contributed by atoms with Gasteiger partial charge in [0.05, 0.1) is 26.5 Å². The number of aryl methyl sites for hydroxylation is 1. The summed E-state index contributed by atoms with van der Waals surface area (Å²) in [4.78, 5) is 10.6. The Hall–Kier alpha value is -1.89. The lowest BCUT2D eigenvalue weighted by Gasteiger charge is -2.08. The van der Waals surface area contributed by atoms with Gasteiger partial charge in [-0.15, -0.1) is 0 Å². The molecular formula is C13H15BrN4O2. The summed E-state index contributed by atoms with van der Waals surface area (Å²) >= 11 is 3.46. The molecule has 0 spiro atoms. The van der Waals surface area contributed by atoms with Crippen LogP contribution in [-0.2, 0) is 0 Å². The van der Waals surface area contributed by atoms with Gasteiger partial charge in [0, 0.05) is 24.4 Å². The van der Waals surface area contributed by atoms with Crippen molar-refractivity contribution >= 4 is 27.3 Å². The summed E-state index contributed by atoms with van der Waals surface area (Å²) < 4.78 is 2.61. The minimum absolute atomic E-state index is 0.0436. The summed E-state index contributed by atoms with van der Waals surface area (Å²) in [5.41, 5.74) is 3.17. The van der Waals surface area contributed by atoms with Gasteiger partial charge >= 0.3 is 0 Å². The molecule has 2 rings (SSSR count). The largest absolute Gasteiger partial charge is 0.385 e. The molecule has 0 atom stereocenters. The van der Waals surface area contributed by atoms with E-state index in [0.29, 0.717) is 17.9 Å². The van der Waals surface area contributed by atoms with Gasteiger partial charge in [-0.3, -0.25) is 10.1 Å². The summed E-state index contributed by atoms with van der Waals surface area (Å²) in [6.45, 7) is 6.44. The molecule has 2 aromatic rings. The van der Waals surface area contributed by atoms with Crippen molar-refractivity contribution in [3.63, 3.8) is 0 Å². The maximum Gasteiger partial charge on any atom is 0.273 e. The maximum atomic E-state index is 11.0. The number of rotatable bonds is 4. The lowest BCUT2D eigenvalue weighted by Crippen LogP contribution is -2.03. The van der Waals surface area contributed by atoms with Crippen molar-refractivity contribution in [2.24, 2.45) is 0 Å². The fourth-order valence-corrected chi connectivity index (χ4v) is 2.25. The number of non-ortho nitro benzene ring substituents is 1. The molecule has 106 valence electrons. The Labute approximate surface area is 125 Å². The molecule has 1 aromatic carbocycles. The second-order valence-electron chi connectivity index (χ2n) is 4.42. The van der Waals surface area contributed by atoms with E-state index in [-0.39, 0.29) is 5.69 Å². The zero-order chi connectivity index (χ0) is 14.9. The van der Waals surface area contributed by atoms with E-state index >= 15 is 0 Å². The molecule has 0 amide bonds. The molecule has 7 heteroatoms. The molecule has 0 fully saturated rings. The van der Waals surface area contributed by atoms with Gasteiger partial charge in [0.1, 0.15) is 0 Å². The van der Waals surface area contributed by atoms with Crippen LogP contribution in [0.5, 0.6) is 0 Å². The van der Waals surface area contributed by atoms with Crippen molar-refractivity contribution in [2.75, 3.05) is 11.9 Å². The predicted molar refractivity (Wildman–Crippen MR) is 81.6 cm³/mol. The number of nitrogens with zero attached hydrogens (tertiary/aromatic N) is 3. The minimum Gasteiger partial charge on any atom is -0.385 e. The molecule has 0 radical (unpaired) electrons.